The minimum atomic E-state index is -0.185. The number of rotatable bonds is 7. The predicted molar refractivity (Wildman–Crippen MR) is 91.8 cm³/mol. The molecule has 2 aromatic rings. The third kappa shape index (κ3) is 4.71. The summed E-state index contributed by atoms with van der Waals surface area (Å²) in [5, 5.41) is 6.41. The molecule has 0 spiro atoms. The molecule has 0 aliphatic rings. The summed E-state index contributed by atoms with van der Waals surface area (Å²) in [7, 11) is 1.51. The summed E-state index contributed by atoms with van der Waals surface area (Å²) < 4.78 is 5.13. The van der Waals surface area contributed by atoms with E-state index in [1.165, 1.54) is 7.11 Å². The molecular weight excluding hydrogens is 290 g/mol. The number of pyridine rings is 1. The molecule has 1 aromatic heterocycles. The van der Waals surface area contributed by atoms with E-state index in [0.29, 0.717) is 23.9 Å². The van der Waals surface area contributed by atoms with E-state index in [4.69, 9.17) is 4.74 Å². The van der Waals surface area contributed by atoms with E-state index in [9.17, 15) is 4.79 Å². The van der Waals surface area contributed by atoms with Gasteiger partial charge >= 0.3 is 0 Å². The molecule has 122 valence electrons. The lowest BCUT2D eigenvalue weighted by Crippen LogP contribution is -2.39. The van der Waals surface area contributed by atoms with Crippen LogP contribution < -0.4 is 15.4 Å². The van der Waals surface area contributed by atoms with Gasteiger partial charge in [-0.1, -0.05) is 32.0 Å². The van der Waals surface area contributed by atoms with Crippen LogP contribution in [0.25, 0.3) is 0 Å². The van der Waals surface area contributed by atoms with Crippen molar-refractivity contribution in [2.45, 2.75) is 19.9 Å². The van der Waals surface area contributed by atoms with Gasteiger partial charge in [-0.3, -0.25) is 4.79 Å². The number of nitrogens with one attached hydrogen (secondary N) is 2. The Bertz CT molecular complexity index is 629. The molecule has 5 heteroatoms. The first kappa shape index (κ1) is 16.8. The number of aromatic nitrogens is 1. The molecule has 0 saturated carbocycles. The molecule has 23 heavy (non-hydrogen) atoms. The van der Waals surface area contributed by atoms with Gasteiger partial charge in [-0.25, -0.2) is 4.98 Å². The van der Waals surface area contributed by atoms with Crippen LogP contribution in [0.1, 0.15) is 24.2 Å². The first-order valence-corrected chi connectivity index (χ1v) is 7.70. The number of carbonyl (C=O) groups excluding carboxylic acids is 1. The van der Waals surface area contributed by atoms with Crippen molar-refractivity contribution in [2.75, 3.05) is 19.0 Å². The maximum atomic E-state index is 12.3. The Balaban J connectivity index is 2.00. The standard InChI is InChI=1S/C18H23N3O2/c1-13(2)16(21-14-8-5-4-6-9-14)12-20-17(22)15-10-7-11-19-18(15)23-3/h4-11,13,16,21H,12H2,1-3H3,(H,20,22). The van der Waals surface area contributed by atoms with Gasteiger partial charge in [0.25, 0.3) is 5.91 Å². The number of carbonyl (C=O) groups is 1. The monoisotopic (exact) mass is 313 g/mol. The topological polar surface area (TPSA) is 63.2 Å². The number of para-hydroxylation sites is 1. The van der Waals surface area contributed by atoms with E-state index in [2.05, 4.69) is 29.5 Å². The van der Waals surface area contributed by atoms with Gasteiger partial charge in [0.1, 0.15) is 5.56 Å². The van der Waals surface area contributed by atoms with Crippen molar-refractivity contribution >= 4 is 11.6 Å². The molecular formula is C18H23N3O2. The van der Waals surface area contributed by atoms with Crippen molar-refractivity contribution in [2.24, 2.45) is 5.92 Å². The lowest BCUT2D eigenvalue weighted by Gasteiger charge is -2.24. The molecule has 0 aliphatic heterocycles. The van der Waals surface area contributed by atoms with Gasteiger partial charge in [0, 0.05) is 24.5 Å². The Labute approximate surface area is 137 Å². The molecule has 1 heterocycles. The molecule has 0 radical (unpaired) electrons. The Morgan fingerprint density at radius 1 is 1.17 bits per heavy atom. The third-order valence-corrected chi connectivity index (χ3v) is 3.62. The van der Waals surface area contributed by atoms with E-state index in [-0.39, 0.29) is 11.9 Å². The molecule has 1 atom stereocenters. The SMILES string of the molecule is COc1ncccc1C(=O)NCC(Nc1ccccc1)C(C)C. The summed E-state index contributed by atoms with van der Waals surface area (Å²) in [6.07, 6.45) is 1.60. The normalized spacial score (nSPS) is 11.8. The van der Waals surface area contributed by atoms with Crippen LogP contribution in [0.3, 0.4) is 0 Å². The summed E-state index contributed by atoms with van der Waals surface area (Å²) in [4.78, 5) is 16.4. The zero-order valence-corrected chi connectivity index (χ0v) is 13.7. The highest BCUT2D eigenvalue weighted by molar-refractivity contribution is 5.96. The van der Waals surface area contributed by atoms with Crippen molar-refractivity contribution in [3.8, 4) is 5.88 Å². The number of amides is 1. The lowest BCUT2D eigenvalue weighted by molar-refractivity contribution is 0.0946. The first-order valence-electron chi connectivity index (χ1n) is 7.70. The van der Waals surface area contributed by atoms with Crippen molar-refractivity contribution in [3.05, 3.63) is 54.2 Å². The largest absolute Gasteiger partial charge is 0.480 e. The molecule has 1 amide bonds. The zero-order chi connectivity index (χ0) is 16.7. The van der Waals surface area contributed by atoms with Gasteiger partial charge in [0.05, 0.1) is 7.11 Å². The highest BCUT2D eigenvalue weighted by Crippen LogP contribution is 2.14. The van der Waals surface area contributed by atoms with Crippen molar-refractivity contribution < 1.29 is 9.53 Å². The predicted octanol–water partition coefficient (Wildman–Crippen LogP) is 2.96. The molecule has 0 fully saturated rings. The smallest absolute Gasteiger partial charge is 0.256 e. The van der Waals surface area contributed by atoms with E-state index in [1.54, 1.807) is 18.3 Å². The highest BCUT2D eigenvalue weighted by atomic mass is 16.5. The van der Waals surface area contributed by atoms with Crippen LogP contribution in [0, 0.1) is 5.92 Å². The third-order valence-electron chi connectivity index (χ3n) is 3.62. The molecule has 5 nitrogen and oxygen atoms in total. The molecule has 1 unspecified atom stereocenters. The molecule has 0 bridgehead atoms. The summed E-state index contributed by atoms with van der Waals surface area (Å²) in [6, 6.07) is 13.5. The Kier molecular flexibility index (Phi) is 5.97. The van der Waals surface area contributed by atoms with Crippen molar-refractivity contribution in [1.82, 2.24) is 10.3 Å². The summed E-state index contributed by atoms with van der Waals surface area (Å²) in [5.74, 6) is 0.517. The van der Waals surface area contributed by atoms with Gasteiger partial charge in [-0.05, 0) is 30.2 Å². The Hall–Kier alpha value is -2.56. The summed E-state index contributed by atoms with van der Waals surface area (Å²) in [6.45, 7) is 4.76. The van der Waals surface area contributed by atoms with Gasteiger partial charge in [-0.2, -0.15) is 0 Å². The van der Waals surface area contributed by atoms with Crippen LogP contribution in [0.5, 0.6) is 5.88 Å². The lowest BCUT2D eigenvalue weighted by atomic mass is 10.0. The minimum Gasteiger partial charge on any atom is -0.480 e. The average molecular weight is 313 g/mol. The summed E-state index contributed by atoms with van der Waals surface area (Å²) in [5.41, 5.74) is 1.48. The fourth-order valence-corrected chi connectivity index (χ4v) is 2.23. The quantitative estimate of drug-likeness (QED) is 0.825. The fraction of sp³-hybridized carbons (Fsp3) is 0.333. The Morgan fingerprint density at radius 3 is 2.57 bits per heavy atom. The van der Waals surface area contributed by atoms with Gasteiger partial charge in [0.2, 0.25) is 5.88 Å². The fourth-order valence-electron chi connectivity index (χ4n) is 2.23. The van der Waals surface area contributed by atoms with Gasteiger partial charge < -0.3 is 15.4 Å². The van der Waals surface area contributed by atoms with Crippen molar-refractivity contribution in [1.29, 1.82) is 0 Å². The molecule has 1 aromatic carbocycles. The van der Waals surface area contributed by atoms with Crippen LogP contribution in [0.2, 0.25) is 0 Å². The number of hydrogen-bond acceptors (Lipinski definition) is 4. The van der Waals surface area contributed by atoms with E-state index in [1.807, 2.05) is 30.3 Å². The van der Waals surface area contributed by atoms with Crippen LogP contribution in [-0.2, 0) is 0 Å². The molecule has 0 saturated heterocycles. The second-order valence-corrected chi connectivity index (χ2v) is 5.63. The summed E-state index contributed by atoms with van der Waals surface area (Å²) >= 11 is 0. The molecule has 2 rings (SSSR count). The number of ether oxygens (including phenoxy) is 1. The average Bonchev–Trinajstić information content (AvgIpc) is 2.58. The number of methoxy groups -OCH3 is 1. The van der Waals surface area contributed by atoms with Crippen LogP contribution in [-0.4, -0.2) is 30.6 Å². The number of nitrogens with zero attached hydrogens (tertiary/aromatic N) is 1. The number of benzene rings is 1. The number of hydrogen-bond donors (Lipinski definition) is 2. The van der Waals surface area contributed by atoms with E-state index >= 15 is 0 Å². The zero-order valence-electron chi connectivity index (χ0n) is 13.7. The molecule has 2 N–H and O–H groups in total. The van der Waals surface area contributed by atoms with E-state index in [0.717, 1.165) is 5.69 Å². The maximum absolute atomic E-state index is 12.3. The number of anilines is 1. The van der Waals surface area contributed by atoms with Crippen LogP contribution >= 0.6 is 0 Å². The second kappa shape index (κ2) is 8.17. The van der Waals surface area contributed by atoms with E-state index < -0.39 is 0 Å². The highest BCUT2D eigenvalue weighted by Gasteiger charge is 2.17. The van der Waals surface area contributed by atoms with Gasteiger partial charge in [-0.15, -0.1) is 0 Å². The minimum absolute atomic E-state index is 0.129. The van der Waals surface area contributed by atoms with Gasteiger partial charge in [0.15, 0.2) is 0 Å². The molecule has 0 aliphatic carbocycles. The first-order chi connectivity index (χ1) is 11.1. The van der Waals surface area contributed by atoms with Crippen LogP contribution in [0.15, 0.2) is 48.7 Å². The Morgan fingerprint density at radius 2 is 1.91 bits per heavy atom. The van der Waals surface area contributed by atoms with Crippen molar-refractivity contribution in [3.63, 3.8) is 0 Å². The van der Waals surface area contributed by atoms with Crippen LogP contribution in [0.4, 0.5) is 5.69 Å². The maximum Gasteiger partial charge on any atom is 0.256 e. The second-order valence-electron chi connectivity index (χ2n) is 5.63.